The molecule has 0 spiro atoms. The monoisotopic (exact) mass is 232 g/mol. The molecule has 0 aliphatic heterocycles. The lowest BCUT2D eigenvalue weighted by molar-refractivity contribution is 0.263. The number of ether oxygens (including phenoxy) is 2. The summed E-state index contributed by atoms with van der Waals surface area (Å²) >= 11 is 0. The number of methoxy groups -OCH3 is 2. The van der Waals surface area contributed by atoms with Gasteiger partial charge in [0.05, 0.1) is 14.2 Å². The van der Waals surface area contributed by atoms with Gasteiger partial charge in [0.15, 0.2) is 17.3 Å². The van der Waals surface area contributed by atoms with Gasteiger partial charge < -0.3 is 14.6 Å². The molecule has 3 nitrogen and oxygen atoms in total. The molecule has 0 heterocycles. The third-order valence-corrected chi connectivity index (χ3v) is 2.35. The number of hydrogen-bond donors (Lipinski definition) is 1. The minimum absolute atomic E-state index is 0.0125. The normalized spacial score (nSPS) is 12.4. The summed E-state index contributed by atoms with van der Waals surface area (Å²) in [6.07, 6.45) is 0. The van der Waals surface area contributed by atoms with Gasteiger partial charge in [-0.05, 0) is 0 Å². The van der Waals surface area contributed by atoms with Crippen LogP contribution in [0.4, 0.5) is 8.78 Å². The highest BCUT2D eigenvalue weighted by molar-refractivity contribution is 5.50. The number of rotatable bonds is 4. The second-order valence-electron chi connectivity index (χ2n) is 3.40. The van der Waals surface area contributed by atoms with Crippen LogP contribution in [0.15, 0.2) is 6.07 Å². The number of aliphatic hydroxyl groups is 1. The zero-order valence-corrected chi connectivity index (χ0v) is 9.38. The van der Waals surface area contributed by atoms with Gasteiger partial charge in [0.2, 0.25) is 0 Å². The largest absolute Gasteiger partial charge is 0.492 e. The van der Waals surface area contributed by atoms with E-state index in [9.17, 15) is 8.78 Å². The van der Waals surface area contributed by atoms with Crippen molar-refractivity contribution in [2.45, 2.75) is 12.8 Å². The van der Waals surface area contributed by atoms with Gasteiger partial charge >= 0.3 is 0 Å². The van der Waals surface area contributed by atoms with Crippen LogP contribution >= 0.6 is 0 Å². The molecule has 0 radical (unpaired) electrons. The summed E-state index contributed by atoms with van der Waals surface area (Å²) in [5.74, 6) is -2.24. The minimum Gasteiger partial charge on any atom is -0.492 e. The molecule has 90 valence electrons. The predicted octanol–water partition coefficient (Wildman–Crippen LogP) is 2.08. The van der Waals surface area contributed by atoms with E-state index >= 15 is 0 Å². The quantitative estimate of drug-likeness (QED) is 0.863. The van der Waals surface area contributed by atoms with Crippen molar-refractivity contribution in [2.75, 3.05) is 20.8 Å². The molecule has 1 rings (SSSR count). The van der Waals surface area contributed by atoms with Gasteiger partial charge in [-0.25, -0.2) is 8.78 Å². The summed E-state index contributed by atoms with van der Waals surface area (Å²) in [5.41, 5.74) is 0.114. The number of aliphatic hydroxyl groups excluding tert-OH is 1. The number of benzene rings is 1. The molecule has 0 aliphatic rings. The maximum Gasteiger partial charge on any atom is 0.197 e. The van der Waals surface area contributed by atoms with Gasteiger partial charge in [0.1, 0.15) is 5.82 Å². The Hall–Kier alpha value is -1.36. The van der Waals surface area contributed by atoms with Gasteiger partial charge in [0.25, 0.3) is 0 Å². The average Bonchev–Trinajstić information content (AvgIpc) is 2.27. The molecule has 5 heteroatoms. The van der Waals surface area contributed by atoms with E-state index in [0.717, 1.165) is 6.07 Å². The molecule has 1 N–H and O–H groups in total. The fraction of sp³-hybridized carbons (Fsp3) is 0.455. The average molecular weight is 232 g/mol. The molecule has 0 aliphatic carbocycles. The van der Waals surface area contributed by atoms with Crippen LogP contribution in [0.25, 0.3) is 0 Å². The van der Waals surface area contributed by atoms with Crippen LogP contribution in [0.1, 0.15) is 18.4 Å². The molecule has 0 fully saturated rings. The molecule has 0 saturated carbocycles. The fourth-order valence-corrected chi connectivity index (χ4v) is 1.54. The maximum atomic E-state index is 13.6. The van der Waals surface area contributed by atoms with Crippen molar-refractivity contribution < 1.29 is 23.4 Å². The summed E-state index contributed by atoms with van der Waals surface area (Å²) < 4.78 is 36.6. The molecule has 1 aromatic carbocycles. The standard InChI is InChI=1S/C11H14F2O3/c1-6(5-14)9-7(12)4-8(13)10(15-2)11(9)16-3/h4,6,14H,5H2,1-3H3. The lowest BCUT2D eigenvalue weighted by Gasteiger charge is -2.17. The molecule has 1 unspecified atom stereocenters. The lowest BCUT2D eigenvalue weighted by atomic mass is 9.99. The van der Waals surface area contributed by atoms with E-state index in [4.69, 9.17) is 14.6 Å². The minimum atomic E-state index is -0.828. The summed E-state index contributed by atoms with van der Waals surface area (Å²) in [7, 11) is 2.57. The highest BCUT2D eigenvalue weighted by atomic mass is 19.1. The van der Waals surface area contributed by atoms with Gasteiger partial charge in [-0.2, -0.15) is 0 Å². The van der Waals surface area contributed by atoms with Crippen molar-refractivity contribution in [2.24, 2.45) is 0 Å². The Morgan fingerprint density at radius 2 is 1.75 bits per heavy atom. The van der Waals surface area contributed by atoms with Crippen LogP contribution < -0.4 is 9.47 Å². The van der Waals surface area contributed by atoms with Crippen LogP contribution in [0, 0.1) is 11.6 Å². The smallest absolute Gasteiger partial charge is 0.197 e. The highest BCUT2D eigenvalue weighted by Crippen LogP contribution is 2.39. The van der Waals surface area contributed by atoms with Crippen molar-refractivity contribution in [1.29, 1.82) is 0 Å². The second-order valence-corrected chi connectivity index (χ2v) is 3.40. The van der Waals surface area contributed by atoms with E-state index < -0.39 is 17.6 Å². The van der Waals surface area contributed by atoms with Crippen molar-refractivity contribution in [3.63, 3.8) is 0 Å². The summed E-state index contributed by atoms with van der Waals surface area (Å²) in [4.78, 5) is 0. The van der Waals surface area contributed by atoms with E-state index in [1.54, 1.807) is 6.92 Å². The van der Waals surface area contributed by atoms with Crippen molar-refractivity contribution >= 4 is 0 Å². The van der Waals surface area contributed by atoms with Crippen molar-refractivity contribution in [3.05, 3.63) is 23.3 Å². The summed E-state index contributed by atoms with van der Waals surface area (Å²) in [5, 5.41) is 9.01. The van der Waals surface area contributed by atoms with Crippen LogP contribution in [0.5, 0.6) is 11.5 Å². The van der Waals surface area contributed by atoms with Gasteiger partial charge in [-0.1, -0.05) is 6.92 Å². The Labute approximate surface area is 92.6 Å². The Balaban J connectivity index is 3.45. The fourth-order valence-electron chi connectivity index (χ4n) is 1.54. The van der Waals surface area contributed by atoms with Crippen LogP contribution in [-0.4, -0.2) is 25.9 Å². The molecule has 0 aromatic heterocycles. The van der Waals surface area contributed by atoms with Crippen LogP contribution in [0.2, 0.25) is 0 Å². The molecule has 16 heavy (non-hydrogen) atoms. The van der Waals surface area contributed by atoms with E-state index in [-0.39, 0.29) is 23.7 Å². The first kappa shape index (κ1) is 12.7. The first-order valence-corrected chi connectivity index (χ1v) is 4.77. The van der Waals surface area contributed by atoms with E-state index in [1.165, 1.54) is 14.2 Å². The first-order valence-electron chi connectivity index (χ1n) is 4.77. The van der Waals surface area contributed by atoms with Gasteiger partial charge in [-0.15, -0.1) is 0 Å². The van der Waals surface area contributed by atoms with E-state index in [2.05, 4.69) is 0 Å². The summed E-state index contributed by atoms with van der Waals surface area (Å²) in [6.45, 7) is 1.35. The molecule has 1 aromatic rings. The van der Waals surface area contributed by atoms with Crippen molar-refractivity contribution in [1.82, 2.24) is 0 Å². The van der Waals surface area contributed by atoms with Crippen molar-refractivity contribution in [3.8, 4) is 11.5 Å². The molecule has 0 saturated heterocycles. The Kier molecular flexibility index (Phi) is 4.06. The Bertz CT molecular complexity index is 380. The van der Waals surface area contributed by atoms with Crippen LogP contribution in [-0.2, 0) is 0 Å². The zero-order valence-electron chi connectivity index (χ0n) is 9.38. The maximum absolute atomic E-state index is 13.6. The van der Waals surface area contributed by atoms with E-state index in [1.807, 2.05) is 0 Å². The number of halogens is 2. The molecule has 0 bridgehead atoms. The third-order valence-electron chi connectivity index (χ3n) is 2.35. The third kappa shape index (κ3) is 2.09. The topological polar surface area (TPSA) is 38.7 Å². The lowest BCUT2D eigenvalue weighted by Crippen LogP contribution is -2.07. The Morgan fingerprint density at radius 1 is 1.19 bits per heavy atom. The van der Waals surface area contributed by atoms with Gasteiger partial charge in [0, 0.05) is 24.2 Å². The Morgan fingerprint density at radius 3 is 2.19 bits per heavy atom. The van der Waals surface area contributed by atoms with Crippen LogP contribution in [0.3, 0.4) is 0 Å². The SMILES string of the molecule is COc1c(F)cc(F)c(C(C)CO)c1OC. The number of hydrogen-bond acceptors (Lipinski definition) is 3. The molecule has 1 atom stereocenters. The second kappa shape index (κ2) is 5.12. The molecular weight excluding hydrogens is 218 g/mol. The predicted molar refractivity (Wildman–Crippen MR) is 55.0 cm³/mol. The summed E-state index contributed by atoms with van der Waals surface area (Å²) in [6, 6.07) is 0.725. The van der Waals surface area contributed by atoms with E-state index in [0.29, 0.717) is 0 Å². The highest BCUT2D eigenvalue weighted by Gasteiger charge is 2.23. The molecular formula is C11H14F2O3. The first-order chi connectivity index (χ1) is 7.56. The molecule has 0 amide bonds. The van der Waals surface area contributed by atoms with Gasteiger partial charge in [-0.3, -0.25) is 0 Å². The zero-order chi connectivity index (χ0) is 12.3.